The quantitative estimate of drug-likeness (QED) is 0.389. The predicted octanol–water partition coefficient (Wildman–Crippen LogP) is 5.37. The summed E-state index contributed by atoms with van der Waals surface area (Å²) in [7, 11) is -1.26. The zero-order chi connectivity index (χ0) is 34.4. The van der Waals surface area contributed by atoms with Crippen LogP contribution in [0, 0.1) is 0 Å². The van der Waals surface area contributed by atoms with Crippen LogP contribution in [0.25, 0.3) is 28.2 Å². The number of nitrogens with one attached hydrogen (secondary N) is 1. The van der Waals surface area contributed by atoms with Gasteiger partial charge in [-0.05, 0) is 68.9 Å². The third kappa shape index (κ3) is 6.73. The summed E-state index contributed by atoms with van der Waals surface area (Å²) in [6, 6.07) is 13.5. The molecule has 0 unspecified atom stereocenters. The third-order valence-corrected chi connectivity index (χ3v) is 10.9. The Morgan fingerprint density at radius 2 is 1.58 bits per heavy atom. The van der Waals surface area contributed by atoms with E-state index in [1.165, 1.54) is 26.1 Å². The van der Waals surface area contributed by atoms with Crippen LogP contribution >= 0.6 is 0 Å². The van der Waals surface area contributed by atoms with E-state index in [9.17, 15) is 22.8 Å². The molecule has 0 radical (unpaired) electrons. The van der Waals surface area contributed by atoms with Gasteiger partial charge >= 0.3 is 16.3 Å². The lowest BCUT2D eigenvalue weighted by Gasteiger charge is -2.36. The van der Waals surface area contributed by atoms with Crippen LogP contribution in [0.2, 0.25) is 0 Å². The van der Waals surface area contributed by atoms with Crippen molar-refractivity contribution in [2.45, 2.75) is 70.9 Å². The average molecular weight is 676 g/mol. The van der Waals surface area contributed by atoms with Crippen LogP contribution in [-0.2, 0) is 26.3 Å². The number of hydrogen-bond acceptors (Lipinski definition) is 6. The molecule has 3 heterocycles. The van der Waals surface area contributed by atoms with Crippen molar-refractivity contribution in [1.29, 1.82) is 0 Å². The first-order chi connectivity index (χ1) is 22.7. The number of amides is 3. The molecule has 1 saturated carbocycles. The second-order valence-corrected chi connectivity index (χ2v) is 16.0. The van der Waals surface area contributed by atoms with Crippen molar-refractivity contribution in [2.24, 2.45) is 0 Å². The first kappa shape index (κ1) is 33.7. The summed E-state index contributed by atoms with van der Waals surface area (Å²) in [5.74, 6) is -0.504. The Balaban J connectivity index is 1.40. The maximum absolute atomic E-state index is 14.2. The van der Waals surface area contributed by atoms with E-state index >= 15 is 0 Å². The number of ether oxygens (including phenoxy) is 1. The Hall–Kier alpha value is -4.16. The van der Waals surface area contributed by atoms with Crippen molar-refractivity contribution < 1.29 is 27.5 Å². The van der Waals surface area contributed by atoms with Crippen molar-refractivity contribution in [2.75, 3.05) is 40.3 Å². The van der Waals surface area contributed by atoms with Gasteiger partial charge in [0.2, 0.25) is 0 Å². The molecule has 48 heavy (non-hydrogen) atoms. The van der Waals surface area contributed by atoms with E-state index in [4.69, 9.17) is 4.74 Å². The van der Waals surface area contributed by atoms with Crippen LogP contribution in [-0.4, -0.2) is 90.9 Å². The summed E-state index contributed by atoms with van der Waals surface area (Å²) in [6.45, 7) is 7.30. The largest absolute Gasteiger partial charge is 0.444 e. The summed E-state index contributed by atoms with van der Waals surface area (Å²) >= 11 is 0. The van der Waals surface area contributed by atoms with Crippen molar-refractivity contribution in [3.8, 4) is 11.3 Å². The molecule has 3 aromatic rings. The zero-order valence-corrected chi connectivity index (χ0v) is 29.2. The number of fused-ring (bicyclic) bond motifs is 5. The molecule has 0 atom stereocenters. The summed E-state index contributed by atoms with van der Waals surface area (Å²) in [5.41, 5.74) is 5.23. The second kappa shape index (κ2) is 13.0. The van der Waals surface area contributed by atoms with Gasteiger partial charge < -0.3 is 19.1 Å². The van der Waals surface area contributed by atoms with E-state index < -0.39 is 21.7 Å². The Kier molecular flexibility index (Phi) is 9.16. The molecule has 2 aromatic carbocycles. The van der Waals surface area contributed by atoms with Gasteiger partial charge in [-0.15, -0.1) is 0 Å². The summed E-state index contributed by atoms with van der Waals surface area (Å²) in [6.07, 6.45) is 7.18. The highest BCUT2D eigenvalue weighted by Gasteiger charge is 2.33. The molecule has 6 rings (SSSR count). The van der Waals surface area contributed by atoms with Crippen molar-refractivity contribution in [1.82, 2.24) is 23.4 Å². The molecule has 1 N–H and O–H groups in total. The molecule has 1 aliphatic carbocycles. The van der Waals surface area contributed by atoms with Crippen LogP contribution in [0.1, 0.15) is 80.3 Å². The molecule has 11 nitrogen and oxygen atoms in total. The van der Waals surface area contributed by atoms with E-state index in [2.05, 4.69) is 15.4 Å². The average Bonchev–Trinajstić information content (AvgIpc) is 3.26. The third-order valence-electron chi connectivity index (χ3n) is 9.45. The van der Waals surface area contributed by atoms with Gasteiger partial charge in [-0.2, -0.15) is 12.7 Å². The molecule has 2 fully saturated rings. The standard InChI is InChI=1S/C36H45N5O6S/c1-36(2,3)47-35(44)40-19-17-39(18-20-40)34(43)27-21-25-13-9-10-14-28(25)32-31(24-11-7-6-8-12-24)29-16-15-26(22-30(29)41(32)23-27)33(42)37-48(45,46)38(4)5/h9-10,13-16,21-22,24H,6-8,11-12,17-20,23H2,1-5H3,(H,37,42). The first-order valence-electron chi connectivity index (χ1n) is 16.7. The fraction of sp³-hybridized carbons (Fsp3) is 0.472. The fourth-order valence-electron chi connectivity index (χ4n) is 7.04. The minimum absolute atomic E-state index is 0.103. The number of nitrogens with zero attached hydrogens (tertiary/aromatic N) is 4. The van der Waals surface area contributed by atoms with Crippen LogP contribution in [0.15, 0.2) is 48.0 Å². The molecule has 2 aliphatic heterocycles. The normalized spacial score (nSPS) is 17.4. The van der Waals surface area contributed by atoms with Crippen molar-refractivity contribution in [3.63, 3.8) is 0 Å². The van der Waals surface area contributed by atoms with Gasteiger partial charge in [-0.1, -0.05) is 49.6 Å². The summed E-state index contributed by atoms with van der Waals surface area (Å²) in [5, 5.41) is 1.01. The van der Waals surface area contributed by atoms with E-state index in [1.54, 1.807) is 21.9 Å². The SMILES string of the molecule is CN(C)S(=O)(=O)NC(=O)c1ccc2c(C3CCCCC3)c3n(c2c1)CC(C(=O)N1CCN(C(=O)OC(C)(C)C)CC1)=Cc1ccccc1-3. The van der Waals surface area contributed by atoms with Crippen molar-refractivity contribution >= 4 is 45.1 Å². The van der Waals surface area contributed by atoms with Gasteiger partial charge in [0.05, 0.1) is 12.2 Å². The van der Waals surface area contributed by atoms with E-state index in [1.807, 2.05) is 51.1 Å². The van der Waals surface area contributed by atoms with Gasteiger partial charge in [0.1, 0.15) is 5.60 Å². The van der Waals surface area contributed by atoms with Crippen LogP contribution in [0.5, 0.6) is 0 Å². The number of benzene rings is 2. The Bertz CT molecular complexity index is 1890. The Morgan fingerprint density at radius 1 is 0.917 bits per heavy atom. The zero-order valence-electron chi connectivity index (χ0n) is 28.4. The fourth-order valence-corrected chi connectivity index (χ4v) is 7.57. The van der Waals surface area contributed by atoms with Gasteiger partial charge in [0.15, 0.2) is 0 Å². The minimum atomic E-state index is -3.99. The number of rotatable bonds is 5. The van der Waals surface area contributed by atoms with E-state index in [0.717, 1.165) is 57.7 Å². The van der Waals surface area contributed by atoms with Gasteiger partial charge in [-0.3, -0.25) is 9.59 Å². The molecular formula is C36H45N5O6S. The van der Waals surface area contributed by atoms with Crippen molar-refractivity contribution in [3.05, 3.63) is 64.7 Å². The molecule has 1 aromatic heterocycles. The molecule has 3 amide bonds. The molecule has 1 saturated heterocycles. The highest BCUT2D eigenvalue weighted by Crippen LogP contribution is 2.46. The number of aromatic nitrogens is 1. The number of hydrogen-bond donors (Lipinski definition) is 1. The maximum Gasteiger partial charge on any atom is 0.410 e. The number of piperazine rings is 1. The molecular weight excluding hydrogens is 630 g/mol. The molecule has 0 bridgehead atoms. The maximum atomic E-state index is 14.2. The first-order valence-corrected chi connectivity index (χ1v) is 18.2. The monoisotopic (exact) mass is 675 g/mol. The lowest BCUT2D eigenvalue weighted by molar-refractivity contribution is -0.129. The van der Waals surface area contributed by atoms with Crippen LogP contribution in [0.4, 0.5) is 4.79 Å². The Labute approximate surface area is 282 Å². The highest BCUT2D eigenvalue weighted by molar-refractivity contribution is 7.87. The number of carbonyl (C=O) groups is 3. The lowest BCUT2D eigenvalue weighted by Crippen LogP contribution is -2.52. The van der Waals surface area contributed by atoms with Crippen LogP contribution < -0.4 is 4.72 Å². The smallest absolute Gasteiger partial charge is 0.410 e. The van der Waals surface area contributed by atoms with E-state index in [0.29, 0.717) is 37.7 Å². The van der Waals surface area contributed by atoms with Gasteiger partial charge in [0.25, 0.3) is 11.8 Å². The van der Waals surface area contributed by atoms with Crippen LogP contribution in [0.3, 0.4) is 0 Å². The highest BCUT2D eigenvalue weighted by atomic mass is 32.2. The predicted molar refractivity (Wildman–Crippen MR) is 186 cm³/mol. The van der Waals surface area contributed by atoms with Gasteiger partial charge in [0, 0.05) is 67.9 Å². The Morgan fingerprint density at radius 3 is 2.25 bits per heavy atom. The molecule has 0 spiro atoms. The topological polar surface area (TPSA) is 121 Å². The molecule has 3 aliphatic rings. The minimum Gasteiger partial charge on any atom is -0.444 e. The van der Waals surface area contributed by atoms with E-state index in [-0.39, 0.29) is 24.1 Å². The summed E-state index contributed by atoms with van der Waals surface area (Å²) in [4.78, 5) is 43.6. The van der Waals surface area contributed by atoms with Gasteiger partial charge in [-0.25, -0.2) is 9.52 Å². The second-order valence-electron chi connectivity index (χ2n) is 14.2. The lowest BCUT2D eigenvalue weighted by atomic mass is 9.81. The summed E-state index contributed by atoms with van der Waals surface area (Å²) < 4.78 is 35.8. The molecule has 256 valence electrons. The number of carbonyl (C=O) groups excluding carboxylic acids is 3. The molecule has 12 heteroatoms.